The molecule has 5 nitrogen and oxygen atoms in total. The number of nitriles is 1. The number of ketones is 1. The lowest BCUT2D eigenvalue weighted by Gasteiger charge is -2.11. The van der Waals surface area contributed by atoms with Crippen molar-refractivity contribution in [2.24, 2.45) is 0 Å². The molecule has 0 saturated heterocycles. The number of ether oxygens (including phenoxy) is 2. The zero-order valence-electron chi connectivity index (χ0n) is 15.5. The fourth-order valence-corrected chi connectivity index (χ4v) is 3.10. The number of carbonyl (C=O) groups is 1. The zero-order chi connectivity index (χ0) is 19.4. The first kappa shape index (κ1) is 18.3. The van der Waals surface area contributed by atoms with Gasteiger partial charge in [0.05, 0.1) is 18.7 Å². The van der Waals surface area contributed by atoms with Gasteiger partial charge in [-0.2, -0.15) is 5.26 Å². The standard InChI is InChI=1S/C22H20N2O3/c1-15-11-19(16(2)24(15)18-7-5-4-6-8-18)20(25)14-27-21-10-9-17(13-23)12-22(21)26-3/h4-12H,14H2,1-3H3. The highest BCUT2D eigenvalue weighted by Gasteiger charge is 2.18. The predicted octanol–water partition coefficient (Wildman–Crippen LogP) is 4.24. The van der Waals surface area contributed by atoms with Crippen molar-refractivity contribution in [2.45, 2.75) is 13.8 Å². The topological polar surface area (TPSA) is 64.2 Å². The summed E-state index contributed by atoms with van der Waals surface area (Å²) in [6.45, 7) is 3.79. The molecule has 1 aromatic heterocycles. The first-order valence-electron chi connectivity index (χ1n) is 8.53. The van der Waals surface area contributed by atoms with Crippen LogP contribution in [-0.4, -0.2) is 24.1 Å². The molecular weight excluding hydrogens is 340 g/mol. The molecular formula is C22H20N2O3. The van der Waals surface area contributed by atoms with Gasteiger partial charge in [0.2, 0.25) is 5.78 Å². The van der Waals surface area contributed by atoms with Crippen molar-refractivity contribution in [3.8, 4) is 23.3 Å². The first-order chi connectivity index (χ1) is 13.0. The molecule has 0 N–H and O–H groups in total. The molecule has 136 valence electrons. The van der Waals surface area contributed by atoms with E-state index in [2.05, 4.69) is 4.57 Å². The number of rotatable bonds is 6. The van der Waals surface area contributed by atoms with Crippen LogP contribution in [0.25, 0.3) is 5.69 Å². The van der Waals surface area contributed by atoms with Crippen LogP contribution >= 0.6 is 0 Å². The molecule has 0 fully saturated rings. The molecule has 0 unspecified atom stereocenters. The van der Waals surface area contributed by atoms with Gasteiger partial charge in [0.25, 0.3) is 0 Å². The summed E-state index contributed by atoms with van der Waals surface area (Å²) >= 11 is 0. The number of hydrogen-bond donors (Lipinski definition) is 0. The Kier molecular flexibility index (Phi) is 5.28. The van der Waals surface area contributed by atoms with Crippen molar-refractivity contribution in [2.75, 3.05) is 13.7 Å². The number of aryl methyl sites for hydroxylation is 1. The monoisotopic (exact) mass is 360 g/mol. The van der Waals surface area contributed by atoms with Gasteiger partial charge in [0.1, 0.15) is 0 Å². The Hall–Kier alpha value is -3.52. The van der Waals surface area contributed by atoms with Crippen LogP contribution in [0.4, 0.5) is 0 Å². The number of Topliss-reactive ketones (excluding diaryl/α,β-unsaturated/α-hetero) is 1. The van der Waals surface area contributed by atoms with Gasteiger partial charge in [0, 0.05) is 28.7 Å². The van der Waals surface area contributed by atoms with Gasteiger partial charge in [-0.3, -0.25) is 4.79 Å². The van der Waals surface area contributed by atoms with Crippen molar-refractivity contribution < 1.29 is 14.3 Å². The highest BCUT2D eigenvalue weighted by molar-refractivity contribution is 5.98. The molecule has 0 bridgehead atoms. The second kappa shape index (κ2) is 7.79. The fraction of sp³-hybridized carbons (Fsp3) is 0.182. The minimum Gasteiger partial charge on any atom is -0.493 e. The van der Waals surface area contributed by atoms with E-state index in [4.69, 9.17) is 14.7 Å². The van der Waals surface area contributed by atoms with E-state index in [9.17, 15) is 4.79 Å². The maximum Gasteiger partial charge on any atom is 0.202 e. The van der Waals surface area contributed by atoms with E-state index in [1.807, 2.05) is 56.3 Å². The highest BCUT2D eigenvalue weighted by Crippen LogP contribution is 2.28. The van der Waals surface area contributed by atoms with Crippen LogP contribution in [0.3, 0.4) is 0 Å². The largest absolute Gasteiger partial charge is 0.493 e. The third-order valence-corrected chi connectivity index (χ3v) is 4.40. The van der Waals surface area contributed by atoms with E-state index < -0.39 is 0 Å². The molecule has 0 aliphatic carbocycles. The average molecular weight is 360 g/mol. The SMILES string of the molecule is COc1cc(C#N)ccc1OCC(=O)c1cc(C)n(-c2ccccc2)c1C. The Balaban J connectivity index is 1.81. The minimum atomic E-state index is -0.114. The highest BCUT2D eigenvalue weighted by atomic mass is 16.5. The van der Waals surface area contributed by atoms with Gasteiger partial charge in [-0.15, -0.1) is 0 Å². The normalized spacial score (nSPS) is 10.3. The predicted molar refractivity (Wildman–Crippen MR) is 103 cm³/mol. The Bertz CT molecular complexity index is 1010. The van der Waals surface area contributed by atoms with E-state index in [1.165, 1.54) is 7.11 Å². The van der Waals surface area contributed by atoms with Crippen LogP contribution < -0.4 is 9.47 Å². The Labute approximate surface area is 158 Å². The molecule has 5 heteroatoms. The maximum absolute atomic E-state index is 12.7. The molecule has 2 aromatic carbocycles. The summed E-state index contributed by atoms with van der Waals surface area (Å²) in [7, 11) is 1.50. The lowest BCUT2D eigenvalue weighted by atomic mass is 10.1. The molecule has 0 aliphatic rings. The molecule has 0 saturated carbocycles. The molecule has 0 atom stereocenters. The second-order valence-electron chi connectivity index (χ2n) is 6.15. The third kappa shape index (κ3) is 3.70. The molecule has 0 spiro atoms. The second-order valence-corrected chi connectivity index (χ2v) is 6.15. The Morgan fingerprint density at radius 2 is 1.81 bits per heavy atom. The fourth-order valence-electron chi connectivity index (χ4n) is 3.10. The number of hydrogen-bond acceptors (Lipinski definition) is 4. The number of benzene rings is 2. The van der Waals surface area contributed by atoms with Gasteiger partial charge >= 0.3 is 0 Å². The van der Waals surface area contributed by atoms with Crippen molar-refractivity contribution in [3.05, 3.63) is 77.1 Å². The molecule has 3 aromatic rings. The average Bonchev–Trinajstić information content (AvgIpc) is 3.00. The van der Waals surface area contributed by atoms with E-state index >= 15 is 0 Å². The van der Waals surface area contributed by atoms with E-state index in [-0.39, 0.29) is 12.4 Å². The summed E-state index contributed by atoms with van der Waals surface area (Å²) in [6.07, 6.45) is 0. The van der Waals surface area contributed by atoms with Crippen molar-refractivity contribution in [1.82, 2.24) is 4.57 Å². The van der Waals surface area contributed by atoms with Gasteiger partial charge in [-0.25, -0.2) is 0 Å². The van der Waals surface area contributed by atoms with Gasteiger partial charge in [0.15, 0.2) is 18.1 Å². The molecule has 3 rings (SSSR count). The summed E-state index contributed by atoms with van der Waals surface area (Å²) in [4.78, 5) is 12.7. The summed E-state index contributed by atoms with van der Waals surface area (Å²) < 4.78 is 13.0. The molecule has 27 heavy (non-hydrogen) atoms. The quantitative estimate of drug-likeness (QED) is 0.617. The molecule has 1 heterocycles. The van der Waals surface area contributed by atoms with Gasteiger partial charge in [-0.05, 0) is 44.2 Å². The van der Waals surface area contributed by atoms with Crippen LogP contribution in [0.15, 0.2) is 54.6 Å². The molecule has 0 amide bonds. The Morgan fingerprint density at radius 1 is 1.07 bits per heavy atom. The number of nitrogens with zero attached hydrogens (tertiary/aromatic N) is 2. The number of para-hydroxylation sites is 1. The Morgan fingerprint density at radius 3 is 2.48 bits per heavy atom. The summed E-state index contributed by atoms with van der Waals surface area (Å²) in [5.41, 5.74) is 3.97. The number of aromatic nitrogens is 1. The third-order valence-electron chi connectivity index (χ3n) is 4.40. The summed E-state index contributed by atoms with van der Waals surface area (Å²) in [5, 5.41) is 8.97. The van der Waals surface area contributed by atoms with E-state index in [1.54, 1.807) is 18.2 Å². The maximum atomic E-state index is 12.7. The van der Waals surface area contributed by atoms with Gasteiger partial charge < -0.3 is 14.0 Å². The molecule has 0 radical (unpaired) electrons. The van der Waals surface area contributed by atoms with E-state index in [0.717, 1.165) is 17.1 Å². The lowest BCUT2D eigenvalue weighted by molar-refractivity contribution is 0.0919. The van der Waals surface area contributed by atoms with Crippen molar-refractivity contribution in [3.63, 3.8) is 0 Å². The summed E-state index contributed by atoms with van der Waals surface area (Å²) in [5.74, 6) is 0.745. The lowest BCUT2D eigenvalue weighted by Crippen LogP contribution is -2.13. The smallest absolute Gasteiger partial charge is 0.202 e. The van der Waals surface area contributed by atoms with Crippen LogP contribution in [0.5, 0.6) is 11.5 Å². The zero-order valence-corrected chi connectivity index (χ0v) is 15.5. The van der Waals surface area contributed by atoms with Crippen LogP contribution in [0.1, 0.15) is 27.3 Å². The first-order valence-corrected chi connectivity index (χ1v) is 8.53. The van der Waals surface area contributed by atoms with Crippen molar-refractivity contribution >= 4 is 5.78 Å². The van der Waals surface area contributed by atoms with Gasteiger partial charge in [-0.1, -0.05) is 18.2 Å². The van der Waals surface area contributed by atoms with Crippen molar-refractivity contribution in [1.29, 1.82) is 5.26 Å². The minimum absolute atomic E-state index is 0.110. The number of carbonyl (C=O) groups excluding carboxylic acids is 1. The molecule has 0 aliphatic heterocycles. The number of methoxy groups -OCH3 is 1. The summed E-state index contributed by atoms with van der Waals surface area (Å²) in [6, 6.07) is 18.7. The van der Waals surface area contributed by atoms with E-state index in [0.29, 0.717) is 22.6 Å². The van der Waals surface area contributed by atoms with Crippen LogP contribution in [0, 0.1) is 25.2 Å². The van der Waals surface area contributed by atoms with Crippen LogP contribution in [-0.2, 0) is 0 Å². The van der Waals surface area contributed by atoms with Crippen LogP contribution in [0.2, 0.25) is 0 Å².